The van der Waals surface area contributed by atoms with Crippen molar-refractivity contribution in [1.82, 2.24) is 9.62 Å². The fraction of sp³-hybridized carbons (Fsp3) is 0.900. The number of hydrogen-bond acceptors (Lipinski definition) is 5. The van der Waals surface area contributed by atoms with E-state index in [1.165, 1.54) is 10.6 Å². The average Bonchev–Trinajstić information content (AvgIpc) is 2.31. The summed E-state index contributed by atoms with van der Waals surface area (Å²) >= 11 is 0. The van der Waals surface area contributed by atoms with Crippen LogP contribution in [0, 0.1) is 0 Å². The van der Waals surface area contributed by atoms with Crippen LogP contribution in [0.25, 0.3) is 0 Å². The van der Waals surface area contributed by atoms with Crippen molar-refractivity contribution in [1.29, 1.82) is 0 Å². The van der Waals surface area contributed by atoms with Crippen LogP contribution in [0.1, 0.15) is 12.8 Å². The molecule has 0 spiro atoms. The van der Waals surface area contributed by atoms with E-state index in [2.05, 4.69) is 5.32 Å². The molecule has 1 N–H and O–H groups in total. The summed E-state index contributed by atoms with van der Waals surface area (Å²) in [6, 6.07) is 0. The van der Waals surface area contributed by atoms with E-state index in [9.17, 15) is 13.2 Å². The fourth-order valence-corrected chi connectivity index (χ4v) is 2.43. The number of nitrogens with zero attached hydrogens (tertiary/aromatic N) is 1. The van der Waals surface area contributed by atoms with Crippen LogP contribution < -0.4 is 5.32 Å². The van der Waals surface area contributed by atoms with Gasteiger partial charge in [-0.25, -0.2) is 12.7 Å². The van der Waals surface area contributed by atoms with Crippen molar-refractivity contribution < 1.29 is 17.9 Å². The van der Waals surface area contributed by atoms with Crippen LogP contribution in [0.2, 0.25) is 0 Å². The first-order chi connectivity index (χ1) is 8.00. The number of hydrogen-bond donors (Lipinski definition) is 1. The maximum atomic E-state index is 10.9. The maximum Gasteiger partial charge on any atom is 0.211 e. The van der Waals surface area contributed by atoms with Gasteiger partial charge in [0.1, 0.15) is 5.78 Å². The Bertz CT molecular complexity index is 317. The molecule has 0 aromatic carbocycles. The van der Waals surface area contributed by atoms with Gasteiger partial charge in [0.05, 0.1) is 19.5 Å². The minimum Gasteiger partial charge on any atom is -0.379 e. The minimum absolute atomic E-state index is 0.157. The second-order valence-corrected chi connectivity index (χ2v) is 6.05. The zero-order valence-corrected chi connectivity index (χ0v) is 11.0. The first-order valence-electron chi connectivity index (χ1n) is 5.75. The number of carbonyl (C=O) groups is 1. The molecule has 2 aliphatic rings. The lowest BCUT2D eigenvalue weighted by atomic mass is 10.1. The second-order valence-electron chi connectivity index (χ2n) is 4.06. The molecule has 0 amide bonds. The monoisotopic (exact) mass is 264 g/mol. The lowest BCUT2D eigenvalue weighted by molar-refractivity contribution is -0.120. The number of carbonyl (C=O) groups excluding carboxylic acids is 1. The van der Waals surface area contributed by atoms with Crippen molar-refractivity contribution in [3.05, 3.63) is 0 Å². The quantitative estimate of drug-likeness (QED) is 0.672. The molecule has 0 saturated carbocycles. The molecule has 7 heteroatoms. The highest BCUT2D eigenvalue weighted by atomic mass is 32.2. The molecule has 0 aliphatic carbocycles. The van der Waals surface area contributed by atoms with E-state index >= 15 is 0 Å². The number of piperidine rings is 1. The summed E-state index contributed by atoms with van der Waals surface area (Å²) in [5.41, 5.74) is 0. The SMILES string of the molecule is C1COCCN1.CS(=O)(=O)N1CCC(=O)CC1. The lowest BCUT2D eigenvalue weighted by Crippen LogP contribution is -2.37. The third-order valence-corrected chi connectivity index (χ3v) is 3.90. The van der Waals surface area contributed by atoms with Crippen LogP contribution >= 0.6 is 0 Å². The predicted octanol–water partition coefficient (Wildman–Crippen LogP) is -0.783. The third kappa shape index (κ3) is 6.11. The molecule has 2 rings (SSSR count). The van der Waals surface area contributed by atoms with Crippen LogP contribution in [0.4, 0.5) is 0 Å². The summed E-state index contributed by atoms with van der Waals surface area (Å²) in [6.45, 7) is 4.55. The Labute approximate surface area is 102 Å². The van der Waals surface area contributed by atoms with Crippen LogP contribution in [0.15, 0.2) is 0 Å². The van der Waals surface area contributed by atoms with Crippen LogP contribution in [0.3, 0.4) is 0 Å². The summed E-state index contributed by atoms with van der Waals surface area (Å²) in [5, 5.41) is 3.16. The van der Waals surface area contributed by atoms with Gasteiger partial charge in [0.15, 0.2) is 0 Å². The number of ether oxygens (including phenoxy) is 1. The third-order valence-electron chi connectivity index (χ3n) is 2.60. The van der Waals surface area contributed by atoms with Crippen LogP contribution in [0.5, 0.6) is 0 Å². The van der Waals surface area contributed by atoms with E-state index in [0.717, 1.165) is 26.3 Å². The number of nitrogens with one attached hydrogen (secondary N) is 1. The molecule has 2 saturated heterocycles. The first kappa shape index (κ1) is 14.6. The number of ketones is 1. The van der Waals surface area contributed by atoms with Gasteiger partial charge >= 0.3 is 0 Å². The van der Waals surface area contributed by atoms with E-state index in [1.54, 1.807) is 0 Å². The molecule has 2 aliphatic heterocycles. The fourth-order valence-electron chi connectivity index (χ4n) is 1.58. The van der Waals surface area contributed by atoms with Gasteiger partial charge in [-0.3, -0.25) is 4.79 Å². The molecule has 0 aromatic heterocycles. The van der Waals surface area contributed by atoms with Gasteiger partial charge in [-0.1, -0.05) is 0 Å². The standard InChI is InChI=1S/C6H11NO3S.C4H9NO/c1-11(9,10)7-4-2-6(8)3-5-7;1-3-6-4-2-5-1/h2-5H2,1H3;5H,1-4H2. The van der Waals surface area contributed by atoms with Gasteiger partial charge in [-0.2, -0.15) is 0 Å². The highest BCUT2D eigenvalue weighted by Crippen LogP contribution is 2.08. The van der Waals surface area contributed by atoms with Gasteiger partial charge in [0.2, 0.25) is 10.0 Å². The summed E-state index contributed by atoms with van der Waals surface area (Å²) < 4.78 is 28.2. The van der Waals surface area contributed by atoms with Gasteiger partial charge in [-0.15, -0.1) is 0 Å². The molecule has 2 fully saturated rings. The first-order valence-corrected chi connectivity index (χ1v) is 7.60. The predicted molar refractivity (Wildman–Crippen MR) is 64.3 cm³/mol. The topological polar surface area (TPSA) is 75.7 Å². The van der Waals surface area contributed by atoms with Gasteiger partial charge in [-0.05, 0) is 0 Å². The number of sulfonamides is 1. The summed E-state index contributed by atoms with van der Waals surface area (Å²) in [4.78, 5) is 10.7. The van der Waals surface area contributed by atoms with Gasteiger partial charge in [0, 0.05) is 39.0 Å². The smallest absolute Gasteiger partial charge is 0.211 e. The largest absolute Gasteiger partial charge is 0.379 e. The van der Waals surface area contributed by atoms with E-state index in [4.69, 9.17) is 4.74 Å². The zero-order valence-electron chi connectivity index (χ0n) is 10.1. The highest BCUT2D eigenvalue weighted by Gasteiger charge is 2.22. The zero-order chi connectivity index (χ0) is 12.7. The van der Waals surface area contributed by atoms with Crippen molar-refractivity contribution in [3.8, 4) is 0 Å². The van der Waals surface area contributed by atoms with E-state index in [-0.39, 0.29) is 5.78 Å². The van der Waals surface area contributed by atoms with Crippen molar-refractivity contribution in [2.24, 2.45) is 0 Å². The van der Waals surface area contributed by atoms with Crippen molar-refractivity contribution in [2.75, 3.05) is 45.6 Å². The van der Waals surface area contributed by atoms with Crippen LogP contribution in [-0.2, 0) is 19.6 Å². The Morgan fingerprint density at radius 1 is 1.18 bits per heavy atom. The molecule has 0 radical (unpaired) electrons. The van der Waals surface area contributed by atoms with Gasteiger partial charge < -0.3 is 10.1 Å². The Morgan fingerprint density at radius 2 is 1.71 bits per heavy atom. The number of rotatable bonds is 1. The van der Waals surface area contributed by atoms with Crippen molar-refractivity contribution >= 4 is 15.8 Å². The molecular weight excluding hydrogens is 244 g/mol. The Kier molecular flexibility index (Phi) is 6.04. The Hall–Kier alpha value is -0.500. The van der Waals surface area contributed by atoms with Crippen molar-refractivity contribution in [3.63, 3.8) is 0 Å². The molecule has 17 heavy (non-hydrogen) atoms. The normalized spacial score (nSPS) is 22.8. The molecule has 0 bridgehead atoms. The molecule has 0 atom stereocenters. The summed E-state index contributed by atoms with van der Waals surface area (Å²) in [7, 11) is -3.07. The Balaban J connectivity index is 0.000000202. The second kappa shape index (κ2) is 7.05. The Morgan fingerprint density at radius 3 is 2.00 bits per heavy atom. The molecule has 0 aromatic rings. The summed E-state index contributed by atoms with van der Waals surface area (Å²) in [6.07, 6.45) is 1.91. The molecule has 6 nitrogen and oxygen atoms in total. The molecule has 2 heterocycles. The van der Waals surface area contributed by atoms with E-state index in [0.29, 0.717) is 25.9 Å². The summed E-state index contributed by atoms with van der Waals surface area (Å²) in [5.74, 6) is 0.157. The van der Waals surface area contributed by atoms with Crippen LogP contribution in [-0.4, -0.2) is 64.2 Å². The van der Waals surface area contributed by atoms with Gasteiger partial charge in [0.25, 0.3) is 0 Å². The average molecular weight is 264 g/mol. The maximum absolute atomic E-state index is 10.9. The molecular formula is C10H20N2O4S. The molecule has 100 valence electrons. The minimum atomic E-state index is -3.07. The number of morpholine rings is 1. The van der Waals surface area contributed by atoms with E-state index < -0.39 is 10.0 Å². The lowest BCUT2D eigenvalue weighted by Gasteiger charge is -2.22. The highest BCUT2D eigenvalue weighted by molar-refractivity contribution is 7.88. The number of Topliss-reactive ketones (excluding diaryl/α,β-unsaturated/α-hetero) is 1. The van der Waals surface area contributed by atoms with Crippen molar-refractivity contribution in [2.45, 2.75) is 12.8 Å². The molecule has 0 unspecified atom stereocenters. The van der Waals surface area contributed by atoms with E-state index in [1.807, 2.05) is 0 Å².